The molecule has 3 aromatic rings. The second-order valence-corrected chi connectivity index (χ2v) is 9.31. The summed E-state index contributed by atoms with van der Waals surface area (Å²) < 4.78 is 25.3. The van der Waals surface area contributed by atoms with Gasteiger partial charge in [0, 0.05) is 17.7 Å². The quantitative estimate of drug-likeness (QED) is 0.617. The fourth-order valence-electron chi connectivity index (χ4n) is 2.52. The summed E-state index contributed by atoms with van der Waals surface area (Å²) in [4.78, 5) is 9.22. The van der Waals surface area contributed by atoms with Crippen LogP contribution >= 0.6 is 23.1 Å². The minimum atomic E-state index is -3.73. The number of imidazole rings is 1. The molecular weight excluding hydrogens is 376 g/mol. The summed E-state index contributed by atoms with van der Waals surface area (Å²) >= 11 is 3.25. The highest BCUT2D eigenvalue weighted by Crippen LogP contribution is 2.29. The average Bonchev–Trinajstić information content (AvgIpc) is 3.12. The third kappa shape index (κ3) is 4.22. The molecule has 0 aliphatic rings. The highest BCUT2D eigenvalue weighted by Gasteiger charge is 2.15. The van der Waals surface area contributed by atoms with E-state index < -0.39 is 10.0 Å². The van der Waals surface area contributed by atoms with E-state index in [2.05, 4.69) is 26.8 Å². The number of aromatic nitrogens is 3. The number of primary sulfonamides is 1. The number of unbranched alkanes of at least 4 members (excludes halogenated alkanes) is 1. The Morgan fingerprint density at radius 3 is 2.76 bits per heavy atom. The van der Waals surface area contributed by atoms with Crippen LogP contribution in [0.15, 0.2) is 33.6 Å². The van der Waals surface area contributed by atoms with Crippen molar-refractivity contribution in [3.8, 4) is 0 Å². The number of rotatable bonds is 7. The van der Waals surface area contributed by atoms with E-state index in [-0.39, 0.29) is 4.90 Å². The zero-order valence-corrected chi connectivity index (χ0v) is 16.5. The average molecular weight is 397 g/mol. The summed E-state index contributed by atoms with van der Waals surface area (Å²) in [6.07, 6.45) is 2.11. The molecule has 3 rings (SSSR count). The van der Waals surface area contributed by atoms with Crippen LogP contribution in [0.25, 0.3) is 11.0 Å². The van der Waals surface area contributed by atoms with Crippen LogP contribution in [0, 0.1) is 6.92 Å². The molecule has 0 radical (unpaired) electrons. The maximum absolute atomic E-state index is 11.6. The van der Waals surface area contributed by atoms with E-state index in [0.29, 0.717) is 5.52 Å². The van der Waals surface area contributed by atoms with E-state index in [1.54, 1.807) is 41.3 Å². The summed E-state index contributed by atoms with van der Waals surface area (Å²) in [6, 6.07) is 4.87. The van der Waals surface area contributed by atoms with Gasteiger partial charge in [0.1, 0.15) is 0 Å². The van der Waals surface area contributed by atoms with Crippen molar-refractivity contribution >= 4 is 44.2 Å². The van der Waals surface area contributed by atoms with Crippen molar-refractivity contribution < 1.29 is 8.42 Å². The zero-order chi connectivity index (χ0) is 18.0. The van der Waals surface area contributed by atoms with E-state index in [1.807, 2.05) is 6.92 Å². The first kappa shape index (κ1) is 18.4. The summed E-state index contributed by atoms with van der Waals surface area (Å²) in [5, 5.41) is 9.22. The van der Waals surface area contributed by atoms with Crippen LogP contribution in [-0.2, 0) is 22.3 Å². The maximum atomic E-state index is 11.6. The molecule has 0 bridgehead atoms. The molecule has 0 atom stereocenters. The van der Waals surface area contributed by atoms with Crippen molar-refractivity contribution in [2.45, 2.75) is 49.0 Å². The van der Waals surface area contributed by atoms with Gasteiger partial charge >= 0.3 is 0 Å². The second-order valence-electron chi connectivity index (χ2n) is 5.74. The van der Waals surface area contributed by atoms with Crippen molar-refractivity contribution in [2.24, 2.45) is 5.14 Å². The Morgan fingerprint density at radius 2 is 2.12 bits per heavy atom. The van der Waals surface area contributed by atoms with Gasteiger partial charge in [-0.1, -0.05) is 25.1 Å². The predicted octanol–water partition coefficient (Wildman–Crippen LogP) is 3.54. The molecule has 25 heavy (non-hydrogen) atoms. The van der Waals surface area contributed by atoms with Gasteiger partial charge in [0.05, 0.1) is 26.6 Å². The van der Waals surface area contributed by atoms with Crippen LogP contribution in [0.2, 0.25) is 0 Å². The fraction of sp³-hybridized carbons (Fsp3) is 0.375. The normalized spacial score (nSPS) is 12.1. The minimum Gasteiger partial charge on any atom is -0.319 e. The topological polar surface area (TPSA) is 90.9 Å². The molecule has 2 N–H and O–H groups in total. The number of thioether (sulfide) groups is 1. The van der Waals surface area contributed by atoms with Crippen molar-refractivity contribution in [3.63, 3.8) is 0 Å². The molecule has 0 aliphatic heterocycles. The van der Waals surface area contributed by atoms with Crippen molar-refractivity contribution in [1.29, 1.82) is 0 Å². The molecule has 0 amide bonds. The van der Waals surface area contributed by atoms with Gasteiger partial charge in [0.15, 0.2) is 5.16 Å². The first-order chi connectivity index (χ1) is 11.9. The molecule has 9 heteroatoms. The first-order valence-electron chi connectivity index (χ1n) is 7.95. The lowest BCUT2D eigenvalue weighted by atomic mass is 10.3. The SMILES string of the molecule is CCCCn1c(SCc2csc(C)n2)nc2cc(S(N)(=O)=O)ccc21. The lowest BCUT2D eigenvalue weighted by Gasteiger charge is -2.07. The number of benzene rings is 1. The van der Waals surface area contributed by atoms with Crippen molar-refractivity contribution in [1.82, 2.24) is 14.5 Å². The summed E-state index contributed by atoms with van der Waals surface area (Å²) in [5.74, 6) is 0.738. The largest absolute Gasteiger partial charge is 0.319 e. The van der Waals surface area contributed by atoms with Gasteiger partial charge in [-0.2, -0.15) is 0 Å². The molecule has 1 aromatic carbocycles. The van der Waals surface area contributed by atoms with E-state index in [1.165, 1.54) is 0 Å². The van der Waals surface area contributed by atoms with Crippen LogP contribution < -0.4 is 5.14 Å². The highest BCUT2D eigenvalue weighted by molar-refractivity contribution is 7.98. The standard InChI is InChI=1S/C16H20N4O2S3/c1-3-4-7-20-15-6-5-13(25(17,21)22)8-14(15)19-16(20)24-10-12-9-23-11(2)18-12/h5-6,8-9H,3-4,7,10H2,1-2H3,(H2,17,21,22). The summed E-state index contributed by atoms with van der Waals surface area (Å²) in [7, 11) is -3.73. The second kappa shape index (κ2) is 7.45. The third-order valence-corrected chi connectivity index (χ3v) is 6.51. The molecule has 0 spiro atoms. The molecule has 2 aromatic heterocycles. The number of hydrogen-bond acceptors (Lipinski definition) is 6. The molecule has 0 fully saturated rings. The number of nitrogens with zero attached hydrogens (tertiary/aromatic N) is 3. The van der Waals surface area contributed by atoms with Crippen molar-refractivity contribution in [2.75, 3.05) is 0 Å². The monoisotopic (exact) mass is 396 g/mol. The van der Waals surface area contributed by atoms with Gasteiger partial charge in [-0.3, -0.25) is 0 Å². The Morgan fingerprint density at radius 1 is 1.32 bits per heavy atom. The molecule has 134 valence electrons. The molecular formula is C16H20N4O2S3. The lowest BCUT2D eigenvalue weighted by Crippen LogP contribution is -2.11. The molecule has 0 aliphatic carbocycles. The van der Waals surface area contributed by atoms with Gasteiger partial charge in [-0.25, -0.2) is 23.5 Å². The summed E-state index contributed by atoms with van der Waals surface area (Å²) in [5.41, 5.74) is 2.62. The Balaban J connectivity index is 1.96. The molecule has 0 saturated heterocycles. The molecule has 0 unspecified atom stereocenters. The zero-order valence-electron chi connectivity index (χ0n) is 14.1. The maximum Gasteiger partial charge on any atom is 0.238 e. The number of hydrogen-bond donors (Lipinski definition) is 1. The first-order valence-corrected chi connectivity index (χ1v) is 11.4. The number of thiazole rings is 1. The van der Waals surface area contributed by atoms with E-state index in [0.717, 1.165) is 46.5 Å². The predicted molar refractivity (Wildman–Crippen MR) is 102 cm³/mol. The number of aryl methyl sites for hydroxylation is 2. The minimum absolute atomic E-state index is 0.0896. The summed E-state index contributed by atoms with van der Waals surface area (Å²) in [6.45, 7) is 4.98. The van der Waals surface area contributed by atoms with E-state index >= 15 is 0 Å². The molecule has 2 heterocycles. The number of sulfonamides is 1. The Bertz CT molecular complexity index is 992. The van der Waals surface area contributed by atoms with Crippen LogP contribution in [0.3, 0.4) is 0 Å². The number of nitrogens with two attached hydrogens (primary N) is 1. The van der Waals surface area contributed by atoms with Crippen LogP contribution in [-0.4, -0.2) is 23.0 Å². The van der Waals surface area contributed by atoms with E-state index in [4.69, 9.17) is 5.14 Å². The van der Waals surface area contributed by atoms with Gasteiger partial charge < -0.3 is 4.57 Å². The fourth-order valence-corrected chi connectivity index (χ4v) is 4.70. The van der Waals surface area contributed by atoms with Gasteiger partial charge in [0.25, 0.3) is 0 Å². The van der Waals surface area contributed by atoms with Gasteiger partial charge in [-0.05, 0) is 31.5 Å². The smallest absolute Gasteiger partial charge is 0.238 e. The Hall–Kier alpha value is -1.42. The van der Waals surface area contributed by atoms with Gasteiger partial charge in [-0.15, -0.1) is 11.3 Å². The number of fused-ring (bicyclic) bond motifs is 1. The Kier molecular flexibility index (Phi) is 5.47. The van der Waals surface area contributed by atoms with Crippen LogP contribution in [0.5, 0.6) is 0 Å². The van der Waals surface area contributed by atoms with Crippen LogP contribution in [0.1, 0.15) is 30.5 Å². The molecule has 0 saturated carbocycles. The Labute approximate surface area is 155 Å². The molecule has 6 nitrogen and oxygen atoms in total. The lowest BCUT2D eigenvalue weighted by molar-refractivity contribution is 0.597. The highest BCUT2D eigenvalue weighted by atomic mass is 32.2. The third-order valence-electron chi connectivity index (χ3n) is 3.76. The van der Waals surface area contributed by atoms with Gasteiger partial charge in [0.2, 0.25) is 10.0 Å². The van der Waals surface area contributed by atoms with E-state index in [9.17, 15) is 8.42 Å². The van der Waals surface area contributed by atoms with Crippen LogP contribution in [0.4, 0.5) is 0 Å². The van der Waals surface area contributed by atoms with Crippen molar-refractivity contribution in [3.05, 3.63) is 34.3 Å².